The third kappa shape index (κ3) is 5.66. The molecule has 0 spiro atoms. The van der Waals surface area contributed by atoms with E-state index in [1.807, 2.05) is 31.2 Å². The largest absolute Gasteiger partial charge is 0.355 e. The van der Waals surface area contributed by atoms with Gasteiger partial charge in [0.25, 0.3) is 0 Å². The molecule has 122 valence electrons. The second-order valence-corrected chi connectivity index (χ2v) is 5.76. The molecule has 2 rings (SSSR count). The summed E-state index contributed by atoms with van der Waals surface area (Å²) in [6.45, 7) is 2.70. The number of nitrogens with one attached hydrogen (secondary N) is 2. The SMILES string of the molecule is C[C@@H](NCC(=O)NCCc1ccc(F)cc1)c1ccccc1Cl. The quantitative estimate of drug-likeness (QED) is 0.813. The summed E-state index contributed by atoms with van der Waals surface area (Å²) in [5.41, 5.74) is 1.96. The van der Waals surface area contributed by atoms with Crippen LogP contribution in [-0.4, -0.2) is 19.0 Å². The summed E-state index contributed by atoms with van der Waals surface area (Å²) in [7, 11) is 0. The number of carbonyl (C=O) groups is 1. The number of hydrogen-bond acceptors (Lipinski definition) is 2. The molecule has 0 saturated heterocycles. The van der Waals surface area contributed by atoms with Gasteiger partial charge in [-0.3, -0.25) is 4.79 Å². The maximum Gasteiger partial charge on any atom is 0.233 e. The van der Waals surface area contributed by atoms with E-state index in [-0.39, 0.29) is 24.3 Å². The Balaban J connectivity index is 1.71. The first-order chi connectivity index (χ1) is 11.1. The Kier molecular flexibility index (Phi) is 6.56. The van der Waals surface area contributed by atoms with Gasteiger partial charge in [-0.05, 0) is 42.7 Å². The molecule has 0 aliphatic heterocycles. The van der Waals surface area contributed by atoms with Crippen LogP contribution in [0, 0.1) is 5.82 Å². The normalized spacial score (nSPS) is 12.0. The number of amides is 1. The Bertz CT molecular complexity index is 646. The summed E-state index contributed by atoms with van der Waals surface area (Å²) in [5.74, 6) is -0.332. The van der Waals surface area contributed by atoms with Crippen LogP contribution in [0.15, 0.2) is 48.5 Å². The Morgan fingerprint density at radius 2 is 1.87 bits per heavy atom. The van der Waals surface area contributed by atoms with Gasteiger partial charge in [-0.1, -0.05) is 41.9 Å². The van der Waals surface area contributed by atoms with Crippen molar-refractivity contribution in [3.63, 3.8) is 0 Å². The van der Waals surface area contributed by atoms with Crippen molar-refractivity contribution < 1.29 is 9.18 Å². The summed E-state index contributed by atoms with van der Waals surface area (Å²) in [6, 6.07) is 13.8. The van der Waals surface area contributed by atoms with E-state index in [4.69, 9.17) is 11.6 Å². The molecule has 0 aromatic heterocycles. The average molecular weight is 335 g/mol. The van der Waals surface area contributed by atoms with E-state index in [2.05, 4.69) is 10.6 Å². The molecule has 2 aromatic rings. The lowest BCUT2D eigenvalue weighted by molar-refractivity contribution is -0.120. The monoisotopic (exact) mass is 334 g/mol. The van der Waals surface area contributed by atoms with Crippen molar-refractivity contribution in [3.05, 3.63) is 70.5 Å². The molecule has 0 fully saturated rings. The zero-order chi connectivity index (χ0) is 16.7. The van der Waals surface area contributed by atoms with Crippen LogP contribution in [0.3, 0.4) is 0 Å². The molecular formula is C18H20ClFN2O. The van der Waals surface area contributed by atoms with Crippen molar-refractivity contribution in [2.45, 2.75) is 19.4 Å². The highest BCUT2D eigenvalue weighted by Crippen LogP contribution is 2.21. The minimum absolute atomic E-state index is 0.00783. The average Bonchev–Trinajstić information content (AvgIpc) is 2.55. The second kappa shape index (κ2) is 8.65. The molecule has 1 amide bonds. The van der Waals surface area contributed by atoms with Crippen LogP contribution in [0.25, 0.3) is 0 Å². The predicted octanol–water partition coefficient (Wildman–Crippen LogP) is 3.49. The lowest BCUT2D eigenvalue weighted by atomic mass is 10.1. The lowest BCUT2D eigenvalue weighted by Crippen LogP contribution is -2.36. The van der Waals surface area contributed by atoms with Crippen LogP contribution in [0.5, 0.6) is 0 Å². The van der Waals surface area contributed by atoms with Crippen LogP contribution in [0.4, 0.5) is 4.39 Å². The summed E-state index contributed by atoms with van der Waals surface area (Å²) >= 11 is 6.13. The lowest BCUT2D eigenvalue weighted by Gasteiger charge is -2.15. The highest BCUT2D eigenvalue weighted by Gasteiger charge is 2.10. The maximum atomic E-state index is 12.8. The van der Waals surface area contributed by atoms with E-state index in [1.54, 1.807) is 12.1 Å². The third-order valence-corrected chi connectivity index (χ3v) is 3.93. The fourth-order valence-corrected chi connectivity index (χ4v) is 2.54. The van der Waals surface area contributed by atoms with E-state index >= 15 is 0 Å². The number of benzene rings is 2. The van der Waals surface area contributed by atoms with Crippen LogP contribution >= 0.6 is 11.6 Å². The summed E-state index contributed by atoms with van der Waals surface area (Å²) in [4.78, 5) is 11.8. The van der Waals surface area contributed by atoms with Gasteiger partial charge < -0.3 is 10.6 Å². The van der Waals surface area contributed by atoms with Crippen LogP contribution in [-0.2, 0) is 11.2 Å². The highest BCUT2D eigenvalue weighted by molar-refractivity contribution is 6.31. The van der Waals surface area contributed by atoms with Crippen LogP contribution < -0.4 is 10.6 Å². The van der Waals surface area contributed by atoms with Crippen LogP contribution in [0.2, 0.25) is 5.02 Å². The molecule has 0 aliphatic rings. The minimum atomic E-state index is -0.254. The van der Waals surface area contributed by atoms with Crippen molar-refractivity contribution in [2.24, 2.45) is 0 Å². The Labute approximate surface area is 140 Å². The Morgan fingerprint density at radius 3 is 2.57 bits per heavy atom. The summed E-state index contributed by atoms with van der Waals surface area (Å²) in [5, 5.41) is 6.67. The van der Waals surface area contributed by atoms with E-state index in [0.29, 0.717) is 18.0 Å². The molecular weight excluding hydrogens is 315 g/mol. The molecule has 0 aliphatic carbocycles. The maximum absolute atomic E-state index is 12.8. The first-order valence-electron chi connectivity index (χ1n) is 7.55. The zero-order valence-electron chi connectivity index (χ0n) is 13.0. The molecule has 0 saturated carbocycles. The molecule has 23 heavy (non-hydrogen) atoms. The number of hydrogen-bond donors (Lipinski definition) is 2. The molecule has 1 atom stereocenters. The van der Waals surface area contributed by atoms with Gasteiger partial charge in [0.15, 0.2) is 0 Å². The molecule has 2 N–H and O–H groups in total. The van der Waals surface area contributed by atoms with Crippen molar-refractivity contribution in [1.29, 1.82) is 0 Å². The van der Waals surface area contributed by atoms with Gasteiger partial charge in [0.05, 0.1) is 6.54 Å². The standard InChI is InChI=1S/C18H20ClFN2O/c1-13(16-4-2-3-5-17(16)19)22-12-18(23)21-11-10-14-6-8-15(20)9-7-14/h2-9,13,22H,10-12H2,1H3,(H,21,23)/t13-/m1/s1. The van der Waals surface area contributed by atoms with Crippen LogP contribution in [0.1, 0.15) is 24.1 Å². The van der Waals surface area contributed by atoms with Gasteiger partial charge in [-0.2, -0.15) is 0 Å². The summed E-state index contributed by atoms with van der Waals surface area (Å²) in [6.07, 6.45) is 0.673. The zero-order valence-corrected chi connectivity index (χ0v) is 13.7. The van der Waals surface area contributed by atoms with Gasteiger partial charge in [0.1, 0.15) is 5.82 Å². The number of halogens is 2. The van der Waals surface area contributed by atoms with Gasteiger partial charge in [0.2, 0.25) is 5.91 Å². The second-order valence-electron chi connectivity index (χ2n) is 5.35. The third-order valence-electron chi connectivity index (χ3n) is 3.59. The minimum Gasteiger partial charge on any atom is -0.355 e. The molecule has 0 heterocycles. The molecule has 2 aromatic carbocycles. The van der Waals surface area contributed by atoms with Crippen molar-refractivity contribution in [3.8, 4) is 0 Å². The molecule has 3 nitrogen and oxygen atoms in total. The van der Waals surface area contributed by atoms with Crippen molar-refractivity contribution in [2.75, 3.05) is 13.1 Å². The molecule has 0 radical (unpaired) electrons. The van der Waals surface area contributed by atoms with E-state index in [0.717, 1.165) is 11.1 Å². The molecule has 5 heteroatoms. The van der Waals surface area contributed by atoms with Gasteiger partial charge in [0, 0.05) is 17.6 Å². The first kappa shape index (κ1) is 17.4. The van der Waals surface area contributed by atoms with E-state index < -0.39 is 0 Å². The smallest absolute Gasteiger partial charge is 0.233 e. The van der Waals surface area contributed by atoms with E-state index in [9.17, 15) is 9.18 Å². The van der Waals surface area contributed by atoms with Crippen molar-refractivity contribution in [1.82, 2.24) is 10.6 Å². The van der Waals surface area contributed by atoms with Crippen molar-refractivity contribution >= 4 is 17.5 Å². The van der Waals surface area contributed by atoms with Gasteiger partial charge in [-0.25, -0.2) is 4.39 Å². The topological polar surface area (TPSA) is 41.1 Å². The fourth-order valence-electron chi connectivity index (χ4n) is 2.24. The summed E-state index contributed by atoms with van der Waals surface area (Å²) < 4.78 is 12.8. The Morgan fingerprint density at radius 1 is 1.17 bits per heavy atom. The van der Waals surface area contributed by atoms with Gasteiger partial charge >= 0.3 is 0 Å². The fraction of sp³-hybridized carbons (Fsp3) is 0.278. The first-order valence-corrected chi connectivity index (χ1v) is 7.93. The number of carbonyl (C=O) groups excluding carboxylic acids is 1. The number of rotatable bonds is 7. The van der Waals surface area contributed by atoms with Gasteiger partial charge in [-0.15, -0.1) is 0 Å². The highest BCUT2D eigenvalue weighted by atomic mass is 35.5. The predicted molar refractivity (Wildman–Crippen MR) is 91.0 cm³/mol. The Hall–Kier alpha value is -1.91. The molecule has 0 unspecified atom stereocenters. The molecule has 0 bridgehead atoms. The van der Waals surface area contributed by atoms with E-state index in [1.165, 1.54) is 12.1 Å².